The lowest BCUT2D eigenvalue weighted by molar-refractivity contribution is 0.584. The minimum atomic E-state index is -3.35. The molecule has 5 nitrogen and oxygen atoms in total. The molecular formula is C12H19N3O2S. The van der Waals surface area contributed by atoms with Gasteiger partial charge in [0.2, 0.25) is 10.0 Å². The van der Waals surface area contributed by atoms with Gasteiger partial charge < -0.3 is 10.6 Å². The van der Waals surface area contributed by atoms with Crippen LogP contribution in [0.1, 0.15) is 12.5 Å². The highest BCUT2D eigenvalue weighted by molar-refractivity contribution is 7.89. The summed E-state index contributed by atoms with van der Waals surface area (Å²) in [4.78, 5) is 2.54. The van der Waals surface area contributed by atoms with Gasteiger partial charge in [-0.15, -0.1) is 0 Å². The van der Waals surface area contributed by atoms with Gasteiger partial charge in [-0.05, 0) is 30.2 Å². The van der Waals surface area contributed by atoms with Crippen LogP contribution < -0.4 is 15.4 Å². The van der Waals surface area contributed by atoms with Gasteiger partial charge in [-0.2, -0.15) is 0 Å². The van der Waals surface area contributed by atoms with Gasteiger partial charge in [-0.25, -0.2) is 13.1 Å². The lowest BCUT2D eigenvalue weighted by atomic mass is 10.2. The van der Waals surface area contributed by atoms with Crippen LogP contribution in [0.15, 0.2) is 23.1 Å². The molecule has 1 aliphatic rings. The van der Waals surface area contributed by atoms with E-state index in [0.29, 0.717) is 18.0 Å². The maximum atomic E-state index is 11.9. The number of fused-ring (bicyclic) bond motifs is 1. The van der Waals surface area contributed by atoms with E-state index in [-0.39, 0.29) is 0 Å². The van der Waals surface area contributed by atoms with E-state index in [9.17, 15) is 8.42 Å². The van der Waals surface area contributed by atoms with E-state index in [1.165, 1.54) is 0 Å². The molecule has 0 saturated heterocycles. The third-order valence-electron chi connectivity index (χ3n) is 3.09. The Morgan fingerprint density at radius 2 is 2.22 bits per heavy atom. The van der Waals surface area contributed by atoms with Crippen LogP contribution in [0.5, 0.6) is 0 Å². The second-order valence-electron chi connectivity index (χ2n) is 4.32. The van der Waals surface area contributed by atoms with Crippen LogP contribution in [-0.2, 0) is 16.4 Å². The van der Waals surface area contributed by atoms with E-state index in [4.69, 9.17) is 5.73 Å². The summed E-state index contributed by atoms with van der Waals surface area (Å²) in [5.41, 5.74) is 7.75. The number of nitrogens with two attached hydrogens (primary N) is 1. The Bertz CT molecular complexity index is 528. The van der Waals surface area contributed by atoms with Crippen LogP contribution in [0.3, 0.4) is 0 Å². The van der Waals surface area contributed by atoms with E-state index in [0.717, 1.165) is 30.8 Å². The Hall–Kier alpha value is -1.11. The lowest BCUT2D eigenvalue weighted by Crippen LogP contribution is -2.27. The Labute approximate surface area is 108 Å². The van der Waals surface area contributed by atoms with Crippen molar-refractivity contribution in [3.63, 3.8) is 0 Å². The van der Waals surface area contributed by atoms with Crippen molar-refractivity contribution in [2.75, 3.05) is 31.1 Å². The fraction of sp³-hybridized carbons (Fsp3) is 0.500. The van der Waals surface area contributed by atoms with E-state index < -0.39 is 10.0 Å². The SMILES string of the molecule is CCNS(=O)(=O)c1ccc2c(c1)CCN2CCN. The van der Waals surface area contributed by atoms with Gasteiger partial charge in [-0.3, -0.25) is 0 Å². The Balaban J connectivity index is 2.30. The summed E-state index contributed by atoms with van der Waals surface area (Å²) >= 11 is 0. The predicted octanol–water partition coefficient (Wildman–Crippen LogP) is 0.306. The molecule has 0 spiro atoms. The molecule has 0 unspecified atom stereocenters. The summed E-state index contributed by atoms with van der Waals surface area (Å²) in [6.07, 6.45) is 0.880. The van der Waals surface area contributed by atoms with Gasteiger partial charge in [0, 0.05) is 31.9 Å². The molecular weight excluding hydrogens is 250 g/mol. The van der Waals surface area contributed by atoms with Gasteiger partial charge in [0.15, 0.2) is 0 Å². The molecule has 0 atom stereocenters. The molecule has 0 saturated carbocycles. The van der Waals surface area contributed by atoms with Gasteiger partial charge >= 0.3 is 0 Å². The Morgan fingerprint density at radius 3 is 2.89 bits per heavy atom. The van der Waals surface area contributed by atoms with Gasteiger partial charge in [0.05, 0.1) is 4.90 Å². The average molecular weight is 269 g/mol. The molecule has 3 N–H and O–H groups in total. The summed E-state index contributed by atoms with van der Waals surface area (Å²) in [6, 6.07) is 5.30. The second kappa shape index (κ2) is 5.26. The van der Waals surface area contributed by atoms with Gasteiger partial charge in [0.1, 0.15) is 0 Å². The highest BCUT2D eigenvalue weighted by atomic mass is 32.2. The van der Waals surface area contributed by atoms with E-state index >= 15 is 0 Å². The van der Waals surface area contributed by atoms with E-state index in [1.807, 2.05) is 6.07 Å². The first-order valence-electron chi connectivity index (χ1n) is 6.16. The van der Waals surface area contributed by atoms with Crippen LogP contribution in [0.25, 0.3) is 0 Å². The number of sulfonamides is 1. The fourth-order valence-corrected chi connectivity index (χ4v) is 3.37. The number of rotatable bonds is 5. The van der Waals surface area contributed by atoms with Crippen LogP contribution in [0.4, 0.5) is 5.69 Å². The lowest BCUT2D eigenvalue weighted by Gasteiger charge is -2.18. The Morgan fingerprint density at radius 1 is 1.44 bits per heavy atom. The monoisotopic (exact) mass is 269 g/mol. The molecule has 0 aromatic heterocycles. The number of benzene rings is 1. The zero-order valence-electron chi connectivity index (χ0n) is 10.5. The molecule has 100 valence electrons. The van der Waals surface area contributed by atoms with E-state index in [2.05, 4.69) is 9.62 Å². The number of hydrogen-bond donors (Lipinski definition) is 2. The van der Waals surface area contributed by atoms with Crippen molar-refractivity contribution >= 4 is 15.7 Å². The van der Waals surface area contributed by atoms with Crippen molar-refractivity contribution in [1.29, 1.82) is 0 Å². The zero-order chi connectivity index (χ0) is 13.2. The van der Waals surface area contributed by atoms with Crippen molar-refractivity contribution < 1.29 is 8.42 Å². The molecule has 1 aromatic rings. The van der Waals surface area contributed by atoms with Gasteiger partial charge in [0.25, 0.3) is 0 Å². The normalized spacial score (nSPS) is 14.9. The van der Waals surface area contributed by atoms with Crippen LogP contribution >= 0.6 is 0 Å². The van der Waals surface area contributed by atoms with E-state index in [1.54, 1.807) is 19.1 Å². The molecule has 0 amide bonds. The second-order valence-corrected chi connectivity index (χ2v) is 6.08. The van der Waals surface area contributed by atoms with Crippen LogP contribution in [0.2, 0.25) is 0 Å². The summed E-state index contributed by atoms with van der Waals surface area (Å²) in [6.45, 7) is 4.51. The fourth-order valence-electron chi connectivity index (χ4n) is 2.28. The minimum absolute atomic E-state index is 0.345. The topological polar surface area (TPSA) is 75.4 Å². The molecule has 0 bridgehead atoms. The summed E-state index contributed by atoms with van der Waals surface area (Å²) in [5.74, 6) is 0. The molecule has 18 heavy (non-hydrogen) atoms. The van der Waals surface area contributed by atoms with Crippen molar-refractivity contribution in [2.45, 2.75) is 18.2 Å². The quantitative estimate of drug-likeness (QED) is 0.806. The van der Waals surface area contributed by atoms with Crippen molar-refractivity contribution in [1.82, 2.24) is 4.72 Å². The zero-order valence-corrected chi connectivity index (χ0v) is 11.3. The third kappa shape index (κ3) is 2.50. The smallest absolute Gasteiger partial charge is 0.240 e. The first-order valence-corrected chi connectivity index (χ1v) is 7.64. The maximum absolute atomic E-state index is 11.9. The molecule has 1 heterocycles. The first kappa shape index (κ1) is 13.3. The maximum Gasteiger partial charge on any atom is 0.240 e. The van der Waals surface area contributed by atoms with Crippen molar-refractivity contribution in [2.24, 2.45) is 5.73 Å². The molecule has 1 aliphatic heterocycles. The van der Waals surface area contributed by atoms with Crippen molar-refractivity contribution in [3.8, 4) is 0 Å². The molecule has 0 aliphatic carbocycles. The van der Waals surface area contributed by atoms with Crippen molar-refractivity contribution in [3.05, 3.63) is 23.8 Å². The standard InChI is InChI=1S/C12H19N3O2S/c1-2-14-18(16,17)11-3-4-12-10(9-11)5-7-15(12)8-6-13/h3-4,9,14H,2,5-8,13H2,1H3. The minimum Gasteiger partial charge on any atom is -0.370 e. The molecule has 0 radical (unpaired) electrons. The molecule has 2 rings (SSSR count). The summed E-state index contributed by atoms with van der Waals surface area (Å²) in [5, 5.41) is 0. The highest BCUT2D eigenvalue weighted by Gasteiger charge is 2.21. The number of nitrogens with zero attached hydrogens (tertiary/aromatic N) is 1. The molecule has 0 fully saturated rings. The number of hydrogen-bond acceptors (Lipinski definition) is 4. The molecule has 6 heteroatoms. The van der Waals surface area contributed by atoms with Gasteiger partial charge in [-0.1, -0.05) is 6.92 Å². The summed E-state index contributed by atoms with van der Waals surface area (Å²) in [7, 11) is -3.35. The highest BCUT2D eigenvalue weighted by Crippen LogP contribution is 2.29. The number of nitrogens with one attached hydrogen (secondary N) is 1. The first-order chi connectivity index (χ1) is 8.58. The third-order valence-corrected chi connectivity index (χ3v) is 4.63. The summed E-state index contributed by atoms with van der Waals surface area (Å²) < 4.78 is 26.3. The van der Waals surface area contributed by atoms with Crippen LogP contribution in [0, 0.1) is 0 Å². The number of anilines is 1. The average Bonchev–Trinajstić information content (AvgIpc) is 2.72. The Kier molecular flexibility index (Phi) is 3.89. The predicted molar refractivity (Wildman–Crippen MR) is 72.3 cm³/mol. The van der Waals surface area contributed by atoms with Crippen LogP contribution in [-0.4, -0.2) is 34.6 Å². The largest absolute Gasteiger partial charge is 0.370 e. The molecule has 1 aromatic carbocycles.